The number of para-hydroxylation sites is 2. The summed E-state index contributed by atoms with van der Waals surface area (Å²) < 4.78 is 31.5. The van der Waals surface area contributed by atoms with E-state index in [1.165, 1.54) is 0 Å². The third kappa shape index (κ3) is 2.91. The molecule has 4 aromatic rings. The molecule has 0 saturated heterocycles. The molecule has 7 nitrogen and oxygen atoms in total. The van der Waals surface area contributed by atoms with Crippen LogP contribution >= 0.6 is 0 Å². The molecule has 4 rings (SSSR count). The van der Waals surface area contributed by atoms with E-state index in [1.54, 1.807) is 10.6 Å². The predicted octanol–water partition coefficient (Wildman–Crippen LogP) is 2.54. The van der Waals surface area contributed by atoms with Crippen molar-refractivity contribution in [3.05, 3.63) is 60.5 Å². The van der Waals surface area contributed by atoms with E-state index in [-0.39, 0.29) is 11.7 Å². The second kappa shape index (κ2) is 5.82. The van der Waals surface area contributed by atoms with Crippen molar-refractivity contribution in [2.45, 2.75) is 11.7 Å². The molecule has 0 saturated carbocycles. The maximum absolute atomic E-state index is 12.1. The Morgan fingerprint density at radius 3 is 2.48 bits per heavy atom. The minimum absolute atomic E-state index is 0.0202. The molecular weight excluding hydrogens is 340 g/mol. The third-order valence-electron chi connectivity index (χ3n) is 3.73. The SMILES string of the molecule is CS(=O)(=O)c1nc2ccccc2n1Cc1nnc(-c2ccccc2)o1. The summed E-state index contributed by atoms with van der Waals surface area (Å²) in [7, 11) is -3.50. The van der Waals surface area contributed by atoms with E-state index in [9.17, 15) is 8.42 Å². The number of hydrogen-bond acceptors (Lipinski definition) is 6. The maximum Gasteiger partial charge on any atom is 0.247 e. The fraction of sp³-hybridized carbons (Fsp3) is 0.118. The first-order chi connectivity index (χ1) is 12.0. The first-order valence-corrected chi connectivity index (χ1v) is 9.44. The number of rotatable bonds is 4. The van der Waals surface area contributed by atoms with Crippen LogP contribution in [0.5, 0.6) is 0 Å². The molecule has 8 heteroatoms. The molecule has 25 heavy (non-hydrogen) atoms. The summed E-state index contributed by atoms with van der Waals surface area (Å²) in [4.78, 5) is 4.23. The lowest BCUT2D eigenvalue weighted by Crippen LogP contribution is -2.10. The molecule has 2 heterocycles. The van der Waals surface area contributed by atoms with Crippen LogP contribution in [0.4, 0.5) is 0 Å². The minimum atomic E-state index is -3.50. The summed E-state index contributed by atoms with van der Waals surface area (Å²) in [5.74, 6) is 0.702. The quantitative estimate of drug-likeness (QED) is 0.559. The minimum Gasteiger partial charge on any atom is -0.419 e. The molecule has 126 valence electrons. The summed E-state index contributed by atoms with van der Waals surface area (Å²) in [6.07, 6.45) is 1.13. The fourth-order valence-corrected chi connectivity index (χ4v) is 3.47. The Morgan fingerprint density at radius 2 is 1.72 bits per heavy atom. The summed E-state index contributed by atoms with van der Waals surface area (Å²) in [6.45, 7) is 0.128. The van der Waals surface area contributed by atoms with Crippen LogP contribution in [0.2, 0.25) is 0 Å². The second-order valence-corrected chi connectivity index (χ2v) is 7.52. The van der Waals surface area contributed by atoms with E-state index in [4.69, 9.17) is 4.42 Å². The number of sulfone groups is 1. The zero-order valence-corrected chi connectivity index (χ0v) is 14.1. The Balaban J connectivity index is 1.78. The first kappa shape index (κ1) is 15.5. The van der Waals surface area contributed by atoms with Crippen molar-refractivity contribution < 1.29 is 12.8 Å². The van der Waals surface area contributed by atoms with Crippen molar-refractivity contribution in [3.63, 3.8) is 0 Å². The Morgan fingerprint density at radius 1 is 1.00 bits per heavy atom. The van der Waals surface area contributed by atoms with E-state index in [0.717, 1.165) is 11.8 Å². The van der Waals surface area contributed by atoms with Gasteiger partial charge in [0.25, 0.3) is 0 Å². The predicted molar refractivity (Wildman–Crippen MR) is 91.7 cm³/mol. The molecule has 0 aliphatic heterocycles. The second-order valence-electron chi connectivity index (χ2n) is 5.61. The summed E-state index contributed by atoms with van der Waals surface area (Å²) in [6, 6.07) is 16.6. The molecule has 0 unspecified atom stereocenters. The van der Waals surface area contributed by atoms with Crippen molar-refractivity contribution >= 4 is 20.9 Å². The van der Waals surface area contributed by atoms with Gasteiger partial charge in [0.05, 0.1) is 11.0 Å². The van der Waals surface area contributed by atoms with Gasteiger partial charge in [-0.15, -0.1) is 10.2 Å². The number of nitrogens with zero attached hydrogens (tertiary/aromatic N) is 4. The number of fused-ring (bicyclic) bond motifs is 1. The van der Waals surface area contributed by atoms with Gasteiger partial charge in [-0.05, 0) is 24.3 Å². The summed E-state index contributed by atoms with van der Waals surface area (Å²) in [5.41, 5.74) is 2.10. The standard InChI is InChI=1S/C17H14N4O3S/c1-25(22,23)17-18-13-9-5-6-10-14(13)21(17)11-15-19-20-16(24-15)12-7-3-2-4-8-12/h2-10H,11H2,1H3. The number of benzene rings is 2. The van der Waals surface area contributed by atoms with Gasteiger partial charge >= 0.3 is 0 Å². The van der Waals surface area contributed by atoms with Gasteiger partial charge in [0.2, 0.25) is 26.8 Å². The van der Waals surface area contributed by atoms with Gasteiger partial charge in [0, 0.05) is 11.8 Å². The van der Waals surface area contributed by atoms with Crippen LogP contribution in [0.25, 0.3) is 22.5 Å². The van der Waals surface area contributed by atoms with Gasteiger partial charge in [-0.3, -0.25) is 0 Å². The van der Waals surface area contributed by atoms with Crippen molar-refractivity contribution in [2.24, 2.45) is 0 Å². The molecule has 0 spiro atoms. The molecule has 0 N–H and O–H groups in total. The van der Waals surface area contributed by atoms with Crippen LogP contribution in [0.3, 0.4) is 0 Å². The zero-order valence-electron chi connectivity index (χ0n) is 13.3. The molecule has 2 aromatic carbocycles. The van der Waals surface area contributed by atoms with Crippen molar-refractivity contribution in [2.75, 3.05) is 6.26 Å². The highest BCUT2D eigenvalue weighted by Crippen LogP contribution is 2.22. The smallest absolute Gasteiger partial charge is 0.247 e. The Kier molecular flexibility index (Phi) is 3.61. The van der Waals surface area contributed by atoms with Crippen molar-refractivity contribution in [1.82, 2.24) is 19.7 Å². The van der Waals surface area contributed by atoms with Gasteiger partial charge in [-0.25, -0.2) is 13.4 Å². The summed E-state index contributed by atoms with van der Waals surface area (Å²) in [5, 5.41) is 8.06. The van der Waals surface area contributed by atoms with Crippen LogP contribution in [0, 0.1) is 0 Å². The molecule has 2 aromatic heterocycles. The lowest BCUT2D eigenvalue weighted by atomic mass is 10.2. The zero-order chi connectivity index (χ0) is 17.4. The van der Waals surface area contributed by atoms with E-state index in [2.05, 4.69) is 15.2 Å². The number of imidazole rings is 1. The molecule has 0 radical (unpaired) electrons. The Hall–Kier alpha value is -3.00. The summed E-state index contributed by atoms with van der Waals surface area (Å²) >= 11 is 0. The van der Waals surface area contributed by atoms with Crippen LogP contribution in [-0.2, 0) is 16.4 Å². The molecular formula is C17H14N4O3S. The van der Waals surface area contributed by atoms with Crippen molar-refractivity contribution in [3.8, 4) is 11.5 Å². The molecule has 0 amide bonds. The lowest BCUT2D eigenvalue weighted by molar-refractivity contribution is 0.479. The van der Waals surface area contributed by atoms with Gasteiger partial charge in [0.1, 0.15) is 6.54 Å². The Labute approximate surface area is 143 Å². The highest BCUT2D eigenvalue weighted by Gasteiger charge is 2.21. The average Bonchev–Trinajstić information content (AvgIpc) is 3.21. The monoisotopic (exact) mass is 354 g/mol. The fourth-order valence-electron chi connectivity index (χ4n) is 2.64. The molecule has 0 aliphatic carbocycles. The molecule has 0 atom stereocenters. The van der Waals surface area contributed by atoms with E-state index >= 15 is 0 Å². The Bertz CT molecular complexity index is 1150. The van der Waals surface area contributed by atoms with E-state index < -0.39 is 9.84 Å². The van der Waals surface area contributed by atoms with Gasteiger partial charge in [0.15, 0.2) is 0 Å². The van der Waals surface area contributed by atoms with Crippen molar-refractivity contribution in [1.29, 1.82) is 0 Å². The van der Waals surface area contributed by atoms with E-state index in [1.807, 2.05) is 48.5 Å². The highest BCUT2D eigenvalue weighted by atomic mass is 32.2. The first-order valence-electron chi connectivity index (χ1n) is 7.55. The van der Waals surface area contributed by atoms with Crippen LogP contribution in [-0.4, -0.2) is 34.4 Å². The van der Waals surface area contributed by atoms with Gasteiger partial charge in [-0.2, -0.15) is 0 Å². The molecule has 0 fully saturated rings. The van der Waals surface area contributed by atoms with Gasteiger partial charge < -0.3 is 8.98 Å². The number of hydrogen-bond donors (Lipinski definition) is 0. The van der Waals surface area contributed by atoms with Crippen LogP contribution < -0.4 is 0 Å². The third-order valence-corrected chi connectivity index (χ3v) is 4.71. The topological polar surface area (TPSA) is 90.9 Å². The van der Waals surface area contributed by atoms with Crippen LogP contribution in [0.1, 0.15) is 5.89 Å². The van der Waals surface area contributed by atoms with Crippen LogP contribution in [0.15, 0.2) is 64.2 Å². The maximum atomic E-state index is 12.1. The largest absolute Gasteiger partial charge is 0.419 e. The molecule has 0 aliphatic rings. The normalized spacial score (nSPS) is 11.9. The van der Waals surface area contributed by atoms with E-state index in [0.29, 0.717) is 22.8 Å². The van der Waals surface area contributed by atoms with Gasteiger partial charge in [-0.1, -0.05) is 30.3 Å². The average molecular weight is 354 g/mol. The molecule has 0 bridgehead atoms. The number of aromatic nitrogens is 4. The highest BCUT2D eigenvalue weighted by molar-refractivity contribution is 7.90. The lowest BCUT2D eigenvalue weighted by Gasteiger charge is -2.04.